The van der Waals surface area contributed by atoms with Crippen molar-refractivity contribution in [2.75, 3.05) is 0 Å². The highest BCUT2D eigenvalue weighted by Gasteiger charge is 2.11. The van der Waals surface area contributed by atoms with Crippen LogP contribution in [0.25, 0.3) is 22.3 Å². The van der Waals surface area contributed by atoms with E-state index in [-0.39, 0.29) is 0 Å². The molecule has 0 amide bonds. The molecule has 1 heterocycles. The number of halogens is 2. The summed E-state index contributed by atoms with van der Waals surface area (Å²) in [4.78, 5) is 8.98. The van der Waals surface area contributed by atoms with Crippen molar-refractivity contribution in [1.82, 2.24) is 9.97 Å². The van der Waals surface area contributed by atoms with Crippen LogP contribution < -0.4 is 0 Å². The minimum Gasteiger partial charge on any atom is -0.243 e. The molecule has 0 N–H and O–H groups in total. The Morgan fingerprint density at radius 1 is 0.895 bits per heavy atom. The molecule has 0 fully saturated rings. The molecule has 0 bridgehead atoms. The smallest absolute Gasteiger partial charge is 0.156 e. The number of hydrogen-bond donors (Lipinski definition) is 0. The summed E-state index contributed by atoms with van der Waals surface area (Å²) in [7, 11) is 0. The van der Waals surface area contributed by atoms with E-state index in [0.717, 1.165) is 22.2 Å². The molecular formula is C15H10Cl2N2. The maximum absolute atomic E-state index is 6.25. The van der Waals surface area contributed by atoms with Gasteiger partial charge in [0.25, 0.3) is 0 Å². The summed E-state index contributed by atoms with van der Waals surface area (Å²) in [6.45, 7) is 2.00. The fourth-order valence-electron chi connectivity index (χ4n) is 2.00. The quantitative estimate of drug-likeness (QED) is 0.636. The molecule has 0 saturated heterocycles. The summed E-state index contributed by atoms with van der Waals surface area (Å²) < 4.78 is 0. The van der Waals surface area contributed by atoms with Gasteiger partial charge in [-0.25, -0.2) is 9.97 Å². The first-order valence-corrected chi connectivity index (χ1v) is 6.59. The molecular weight excluding hydrogens is 279 g/mol. The summed E-state index contributed by atoms with van der Waals surface area (Å²) in [5.74, 6) is 0. The first kappa shape index (κ1) is 12.4. The molecule has 3 aromatic rings. The third-order valence-corrected chi connectivity index (χ3v) is 3.48. The Kier molecular flexibility index (Phi) is 3.13. The van der Waals surface area contributed by atoms with Crippen molar-refractivity contribution in [3.8, 4) is 11.3 Å². The molecule has 3 rings (SSSR count). The van der Waals surface area contributed by atoms with E-state index >= 15 is 0 Å². The van der Waals surface area contributed by atoms with E-state index in [0.29, 0.717) is 15.9 Å². The fraction of sp³-hybridized carbons (Fsp3) is 0.0667. The van der Waals surface area contributed by atoms with E-state index in [9.17, 15) is 0 Å². The summed E-state index contributed by atoms with van der Waals surface area (Å²) in [5.41, 5.74) is 4.25. The largest absolute Gasteiger partial charge is 0.243 e. The lowest BCUT2D eigenvalue weighted by Gasteiger charge is -2.08. The first-order valence-electron chi connectivity index (χ1n) is 5.84. The van der Waals surface area contributed by atoms with Gasteiger partial charge in [0.05, 0.1) is 11.0 Å². The van der Waals surface area contributed by atoms with Gasteiger partial charge in [-0.3, -0.25) is 0 Å². The summed E-state index contributed by atoms with van der Waals surface area (Å²) in [6, 6.07) is 13.3. The van der Waals surface area contributed by atoms with Crippen molar-refractivity contribution in [3.05, 3.63) is 58.2 Å². The zero-order chi connectivity index (χ0) is 13.4. The second kappa shape index (κ2) is 4.80. The molecule has 0 aliphatic rings. The molecule has 1 aromatic heterocycles. The van der Waals surface area contributed by atoms with Crippen LogP contribution in [0, 0.1) is 6.92 Å². The Hall–Kier alpha value is -1.64. The van der Waals surface area contributed by atoms with E-state index in [1.807, 2.05) is 49.4 Å². The number of rotatable bonds is 1. The third-order valence-electron chi connectivity index (χ3n) is 2.98. The van der Waals surface area contributed by atoms with E-state index in [1.54, 1.807) is 0 Å². The van der Waals surface area contributed by atoms with Crippen LogP contribution in [0.3, 0.4) is 0 Å². The maximum Gasteiger partial charge on any atom is 0.156 e. The average molecular weight is 289 g/mol. The van der Waals surface area contributed by atoms with Crippen molar-refractivity contribution in [2.24, 2.45) is 0 Å². The van der Waals surface area contributed by atoms with Crippen LogP contribution in [0.4, 0.5) is 0 Å². The average Bonchev–Trinajstić information content (AvgIpc) is 2.41. The molecule has 4 heteroatoms. The standard InChI is InChI=1S/C15H10Cl2N2/c1-9-6-7-10(16)8-11(9)14-15(17)19-13-5-3-2-4-12(13)18-14/h2-8H,1H3. The molecule has 19 heavy (non-hydrogen) atoms. The summed E-state index contributed by atoms with van der Waals surface area (Å²) >= 11 is 12.3. The lowest BCUT2D eigenvalue weighted by molar-refractivity contribution is 1.28. The highest BCUT2D eigenvalue weighted by atomic mass is 35.5. The van der Waals surface area contributed by atoms with Gasteiger partial charge in [0.15, 0.2) is 5.15 Å². The van der Waals surface area contributed by atoms with Gasteiger partial charge in [0, 0.05) is 10.6 Å². The Morgan fingerprint density at radius 3 is 2.32 bits per heavy atom. The number of fused-ring (bicyclic) bond motifs is 1. The van der Waals surface area contributed by atoms with Crippen molar-refractivity contribution in [1.29, 1.82) is 0 Å². The molecule has 0 aliphatic heterocycles. The van der Waals surface area contributed by atoms with Crippen LogP contribution >= 0.6 is 23.2 Å². The fourth-order valence-corrected chi connectivity index (χ4v) is 2.41. The highest BCUT2D eigenvalue weighted by Crippen LogP contribution is 2.30. The zero-order valence-electron chi connectivity index (χ0n) is 10.2. The second-order valence-corrected chi connectivity index (χ2v) is 5.11. The van der Waals surface area contributed by atoms with Crippen LogP contribution in [0.5, 0.6) is 0 Å². The minimum atomic E-state index is 0.393. The molecule has 0 aliphatic carbocycles. The molecule has 94 valence electrons. The summed E-state index contributed by atoms with van der Waals surface area (Å²) in [6.07, 6.45) is 0. The Morgan fingerprint density at radius 2 is 1.58 bits per heavy atom. The number of aryl methyl sites for hydroxylation is 1. The molecule has 0 radical (unpaired) electrons. The lowest BCUT2D eigenvalue weighted by atomic mass is 10.1. The number of hydrogen-bond acceptors (Lipinski definition) is 2. The molecule has 2 nitrogen and oxygen atoms in total. The SMILES string of the molecule is Cc1ccc(Cl)cc1-c1nc2ccccc2nc1Cl. The lowest BCUT2D eigenvalue weighted by Crippen LogP contribution is -1.93. The Balaban J connectivity index is 2.30. The van der Waals surface area contributed by atoms with E-state index in [2.05, 4.69) is 9.97 Å². The predicted molar refractivity (Wildman–Crippen MR) is 79.7 cm³/mol. The van der Waals surface area contributed by atoms with Gasteiger partial charge in [-0.2, -0.15) is 0 Å². The number of nitrogens with zero attached hydrogens (tertiary/aromatic N) is 2. The van der Waals surface area contributed by atoms with Crippen LogP contribution in [-0.2, 0) is 0 Å². The Bertz CT molecular complexity index is 769. The Labute approximate surface area is 121 Å². The van der Waals surface area contributed by atoms with Gasteiger partial charge < -0.3 is 0 Å². The van der Waals surface area contributed by atoms with Crippen LogP contribution in [0.2, 0.25) is 10.2 Å². The van der Waals surface area contributed by atoms with E-state index in [1.165, 1.54) is 0 Å². The molecule has 0 spiro atoms. The van der Waals surface area contributed by atoms with Crippen molar-refractivity contribution in [2.45, 2.75) is 6.92 Å². The molecule has 2 aromatic carbocycles. The number of para-hydroxylation sites is 2. The normalized spacial score (nSPS) is 10.9. The van der Waals surface area contributed by atoms with Crippen LogP contribution in [0.1, 0.15) is 5.56 Å². The first-order chi connectivity index (χ1) is 9.15. The number of aromatic nitrogens is 2. The molecule has 0 unspecified atom stereocenters. The topological polar surface area (TPSA) is 25.8 Å². The highest BCUT2D eigenvalue weighted by molar-refractivity contribution is 6.33. The van der Waals surface area contributed by atoms with Crippen molar-refractivity contribution in [3.63, 3.8) is 0 Å². The van der Waals surface area contributed by atoms with Gasteiger partial charge in [0.2, 0.25) is 0 Å². The van der Waals surface area contributed by atoms with E-state index in [4.69, 9.17) is 23.2 Å². The predicted octanol–water partition coefficient (Wildman–Crippen LogP) is 4.91. The molecule has 0 atom stereocenters. The van der Waals surface area contributed by atoms with Gasteiger partial charge in [-0.15, -0.1) is 0 Å². The van der Waals surface area contributed by atoms with Gasteiger partial charge in [-0.05, 0) is 36.8 Å². The van der Waals surface area contributed by atoms with Crippen LogP contribution in [0.15, 0.2) is 42.5 Å². The van der Waals surface area contributed by atoms with Gasteiger partial charge >= 0.3 is 0 Å². The monoisotopic (exact) mass is 288 g/mol. The summed E-state index contributed by atoms with van der Waals surface area (Å²) in [5, 5.41) is 1.05. The minimum absolute atomic E-state index is 0.393. The van der Waals surface area contributed by atoms with E-state index < -0.39 is 0 Å². The third kappa shape index (κ3) is 2.29. The van der Waals surface area contributed by atoms with Gasteiger partial charge in [0.1, 0.15) is 5.69 Å². The zero-order valence-corrected chi connectivity index (χ0v) is 11.7. The van der Waals surface area contributed by atoms with Crippen LogP contribution in [-0.4, -0.2) is 9.97 Å². The van der Waals surface area contributed by atoms with Crippen molar-refractivity contribution >= 4 is 34.2 Å². The maximum atomic E-state index is 6.25. The van der Waals surface area contributed by atoms with Crippen molar-refractivity contribution < 1.29 is 0 Å². The second-order valence-electron chi connectivity index (χ2n) is 4.31. The van der Waals surface area contributed by atoms with Gasteiger partial charge in [-0.1, -0.05) is 41.4 Å². The molecule has 0 saturated carbocycles. The number of benzene rings is 2.